The molecule has 1 fully saturated rings. The van der Waals surface area contributed by atoms with Crippen molar-refractivity contribution in [1.29, 1.82) is 0 Å². The van der Waals surface area contributed by atoms with E-state index >= 15 is 0 Å². The van der Waals surface area contributed by atoms with Crippen LogP contribution in [0.4, 0.5) is 0 Å². The number of halogens is 1. The summed E-state index contributed by atoms with van der Waals surface area (Å²) in [5, 5.41) is 0.618. The van der Waals surface area contributed by atoms with Crippen LogP contribution in [-0.4, -0.2) is 36.5 Å². The third-order valence-corrected chi connectivity index (χ3v) is 3.98. The number of nitrogens with zero attached hydrogens (tertiary/aromatic N) is 1. The summed E-state index contributed by atoms with van der Waals surface area (Å²) in [5.41, 5.74) is 1.50. The number of piperidine rings is 1. The number of hydrogen-bond acceptors (Lipinski definition) is 3. The second-order valence-electron chi connectivity index (χ2n) is 5.30. The molecule has 114 valence electrons. The number of hydrogen-bond donors (Lipinski definition) is 0. The molecule has 21 heavy (non-hydrogen) atoms. The van der Waals surface area contributed by atoms with E-state index in [1.54, 1.807) is 30.0 Å². The van der Waals surface area contributed by atoms with Gasteiger partial charge in [-0.05, 0) is 50.5 Å². The van der Waals surface area contributed by atoms with Crippen molar-refractivity contribution in [3.8, 4) is 0 Å². The van der Waals surface area contributed by atoms with Crippen molar-refractivity contribution < 1.29 is 14.3 Å². The van der Waals surface area contributed by atoms with Crippen LogP contribution in [-0.2, 0) is 9.53 Å². The summed E-state index contributed by atoms with van der Waals surface area (Å²) >= 11 is 5.92. The maximum Gasteiger partial charge on any atom is 0.310 e. The first-order valence-electron chi connectivity index (χ1n) is 7.25. The third-order valence-electron chi connectivity index (χ3n) is 3.75. The maximum atomic E-state index is 12.6. The number of rotatable bonds is 3. The topological polar surface area (TPSA) is 46.6 Å². The maximum absolute atomic E-state index is 12.6. The Morgan fingerprint density at radius 1 is 1.43 bits per heavy atom. The fourth-order valence-electron chi connectivity index (χ4n) is 2.65. The largest absolute Gasteiger partial charge is 0.466 e. The lowest BCUT2D eigenvalue weighted by atomic mass is 9.97. The summed E-state index contributed by atoms with van der Waals surface area (Å²) in [6, 6.07) is 5.24. The van der Waals surface area contributed by atoms with Crippen LogP contribution in [0.2, 0.25) is 5.02 Å². The number of esters is 1. The van der Waals surface area contributed by atoms with Gasteiger partial charge in [0, 0.05) is 23.7 Å². The summed E-state index contributed by atoms with van der Waals surface area (Å²) in [6.07, 6.45) is 1.60. The molecule has 1 heterocycles. The zero-order valence-corrected chi connectivity index (χ0v) is 13.2. The van der Waals surface area contributed by atoms with Crippen molar-refractivity contribution >= 4 is 23.5 Å². The molecule has 5 heteroatoms. The molecular weight excluding hydrogens is 290 g/mol. The summed E-state index contributed by atoms with van der Waals surface area (Å²) in [4.78, 5) is 26.2. The number of carbonyl (C=O) groups is 2. The van der Waals surface area contributed by atoms with E-state index < -0.39 is 0 Å². The summed E-state index contributed by atoms with van der Waals surface area (Å²) in [5.74, 6) is -0.462. The molecule has 0 N–H and O–H groups in total. The van der Waals surface area contributed by atoms with E-state index in [0.29, 0.717) is 30.3 Å². The van der Waals surface area contributed by atoms with Gasteiger partial charge in [0.2, 0.25) is 0 Å². The van der Waals surface area contributed by atoms with Gasteiger partial charge < -0.3 is 9.64 Å². The van der Waals surface area contributed by atoms with Crippen molar-refractivity contribution in [2.45, 2.75) is 26.7 Å². The Morgan fingerprint density at radius 3 is 2.86 bits per heavy atom. The Bertz CT molecular complexity index is 544. The molecule has 0 unspecified atom stereocenters. The zero-order chi connectivity index (χ0) is 15.4. The van der Waals surface area contributed by atoms with Gasteiger partial charge in [0.1, 0.15) is 0 Å². The second-order valence-corrected chi connectivity index (χ2v) is 5.74. The molecule has 4 nitrogen and oxygen atoms in total. The lowest BCUT2D eigenvalue weighted by Crippen LogP contribution is -2.43. The molecule has 1 amide bonds. The molecular formula is C16H20ClNO3. The Morgan fingerprint density at radius 2 is 2.19 bits per heavy atom. The van der Waals surface area contributed by atoms with Crippen LogP contribution >= 0.6 is 11.6 Å². The summed E-state index contributed by atoms with van der Waals surface area (Å²) in [7, 11) is 0. The molecule has 1 aromatic rings. The molecule has 0 aliphatic carbocycles. The molecule has 1 aromatic carbocycles. The van der Waals surface area contributed by atoms with Crippen molar-refractivity contribution in [3.05, 3.63) is 34.3 Å². The molecule has 0 aromatic heterocycles. The second kappa shape index (κ2) is 6.94. The van der Waals surface area contributed by atoms with Crippen LogP contribution in [0.5, 0.6) is 0 Å². The van der Waals surface area contributed by atoms with Gasteiger partial charge in [-0.3, -0.25) is 9.59 Å². The number of carbonyl (C=O) groups excluding carboxylic acids is 2. The molecule has 0 saturated carbocycles. The van der Waals surface area contributed by atoms with Crippen molar-refractivity contribution in [2.24, 2.45) is 5.92 Å². The van der Waals surface area contributed by atoms with Crippen molar-refractivity contribution in [2.75, 3.05) is 19.7 Å². The predicted octanol–water partition coefficient (Wildman–Crippen LogP) is 3.06. The van der Waals surface area contributed by atoms with E-state index in [4.69, 9.17) is 16.3 Å². The van der Waals surface area contributed by atoms with Gasteiger partial charge in [0.05, 0.1) is 12.5 Å². The van der Waals surface area contributed by atoms with Gasteiger partial charge in [0.25, 0.3) is 5.91 Å². The van der Waals surface area contributed by atoms with Crippen LogP contribution in [0.3, 0.4) is 0 Å². The average molecular weight is 310 g/mol. The molecule has 2 rings (SSSR count). The van der Waals surface area contributed by atoms with Crippen LogP contribution in [0.1, 0.15) is 35.7 Å². The highest BCUT2D eigenvalue weighted by atomic mass is 35.5. The standard InChI is InChI=1S/C16H20ClNO3/c1-3-21-16(20)12-5-4-8-18(10-12)15(19)14-7-6-13(17)9-11(14)2/h6-7,9,12H,3-5,8,10H2,1-2H3/t12-/m0/s1. The minimum absolute atomic E-state index is 0.0434. The first-order chi connectivity index (χ1) is 10.0. The highest BCUT2D eigenvalue weighted by Gasteiger charge is 2.30. The monoisotopic (exact) mass is 309 g/mol. The smallest absolute Gasteiger partial charge is 0.310 e. The fourth-order valence-corrected chi connectivity index (χ4v) is 2.88. The van der Waals surface area contributed by atoms with Crippen molar-refractivity contribution in [3.63, 3.8) is 0 Å². The third kappa shape index (κ3) is 3.76. The van der Waals surface area contributed by atoms with Crippen LogP contribution in [0.25, 0.3) is 0 Å². The van der Waals surface area contributed by atoms with Gasteiger partial charge >= 0.3 is 5.97 Å². The fraction of sp³-hybridized carbons (Fsp3) is 0.500. The lowest BCUT2D eigenvalue weighted by Gasteiger charge is -2.32. The first-order valence-corrected chi connectivity index (χ1v) is 7.62. The summed E-state index contributed by atoms with van der Waals surface area (Å²) < 4.78 is 5.06. The van der Waals surface area contributed by atoms with Gasteiger partial charge in [-0.1, -0.05) is 11.6 Å². The minimum Gasteiger partial charge on any atom is -0.466 e. The van der Waals surface area contributed by atoms with E-state index in [-0.39, 0.29) is 17.8 Å². The SMILES string of the molecule is CCOC(=O)[C@H]1CCCN(C(=O)c2ccc(Cl)cc2C)C1. The van der Waals surface area contributed by atoms with E-state index in [1.807, 2.05) is 6.92 Å². The normalized spacial score (nSPS) is 18.4. The number of benzene rings is 1. The number of aryl methyl sites for hydroxylation is 1. The quantitative estimate of drug-likeness (QED) is 0.806. The molecule has 1 atom stereocenters. The first kappa shape index (κ1) is 15.8. The van der Waals surface area contributed by atoms with Crippen molar-refractivity contribution in [1.82, 2.24) is 4.90 Å². The molecule has 1 aliphatic rings. The Kier molecular flexibility index (Phi) is 5.23. The molecule has 0 radical (unpaired) electrons. The highest BCUT2D eigenvalue weighted by Crippen LogP contribution is 2.22. The van der Waals surface area contributed by atoms with E-state index in [2.05, 4.69) is 0 Å². The zero-order valence-electron chi connectivity index (χ0n) is 12.4. The number of amides is 1. The van der Waals surface area contributed by atoms with Gasteiger partial charge in [-0.15, -0.1) is 0 Å². The lowest BCUT2D eigenvalue weighted by molar-refractivity contribution is -0.149. The van der Waals surface area contributed by atoms with E-state index in [0.717, 1.165) is 18.4 Å². The van der Waals surface area contributed by atoms with Gasteiger partial charge in [0.15, 0.2) is 0 Å². The molecule has 1 aliphatic heterocycles. The number of ether oxygens (including phenoxy) is 1. The number of likely N-dealkylation sites (tertiary alicyclic amines) is 1. The predicted molar refractivity (Wildman–Crippen MR) is 81.4 cm³/mol. The van der Waals surface area contributed by atoms with Gasteiger partial charge in [-0.25, -0.2) is 0 Å². The summed E-state index contributed by atoms with van der Waals surface area (Å²) in [6.45, 7) is 5.14. The van der Waals surface area contributed by atoms with Crippen LogP contribution in [0, 0.1) is 12.8 Å². The molecule has 1 saturated heterocycles. The highest BCUT2D eigenvalue weighted by molar-refractivity contribution is 6.30. The Labute approximate surface area is 130 Å². The van der Waals surface area contributed by atoms with Crippen LogP contribution in [0.15, 0.2) is 18.2 Å². The Hall–Kier alpha value is -1.55. The minimum atomic E-state index is -0.213. The average Bonchev–Trinajstić information content (AvgIpc) is 2.47. The molecule has 0 spiro atoms. The van der Waals surface area contributed by atoms with E-state index in [9.17, 15) is 9.59 Å². The Balaban J connectivity index is 2.10. The molecule has 0 bridgehead atoms. The van der Waals surface area contributed by atoms with Crippen LogP contribution < -0.4 is 0 Å². The van der Waals surface area contributed by atoms with Gasteiger partial charge in [-0.2, -0.15) is 0 Å². The van der Waals surface area contributed by atoms with E-state index in [1.165, 1.54) is 0 Å².